The predicted octanol–water partition coefficient (Wildman–Crippen LogP) is 1.26. The smallest absolute Gasteiger partial charge is 0.0681 e. The maximum atomic E-state index is 9.72. The third-order valence-electron chi connectivity index (χ3n) is 4.92. The highest BCUT2D eigenvalue weighted by Gasteiger charge is 2.35. The fourth-order valence-electron chi connectivity index (χ4n) is 3.70. The molecule has 1 aliphatic heterocycles. The lowest BCUT2D eigenvalue weighted by atomic mass is 10.1. The molecule has 4 nitrogen and oxygen atoms in total. The summed E-state index contributed by atoms with van der Waals surface area (Å²) in [6, 6.07) is 9.26. The minimum Gasteiger partial charge on any atom is -0.392 e. The van der Waals surface area contributed by atoms with Crippen LogP contribution in [-0.2, 0) is 13.2 Å². The van der Waals surface area contributed by atoms with Crippen LogP contribution in [0.5, 0.6) is 0 Å². The van der Waals surface area contributed by atoms with E-state index in [0.29, 0.717) is 12.1 Å². The first-order chi connectivity index (χ1) is 10.3. The Bertz CT molecular complexity index is 449. The fraction of sp³-hybridized carbons (Fsp3) is 0.647. The molecule has 21 heavy (non-hydrogen) atoms. The maximum absolute atomic E-state index is 9.72. The van der Waals surface area contributed by atoms with Gasteiger partial charge in [-0.05, 0) is 30.4 Å². The topological polar surface area (TPSA) is 55.7 Å². The molecule has 116 valence electrons. The van der Waals surface area contributed by atoms with E-state index in [9.17, 15) is 5.11 Å². The van der Waals surface area contributed by atoms with Crippen molar-refractivity contribution < 1.29 is 10.2 Å². The predicted molar refractivity (Wildman–Crippen MR) is 82.8 cm³/mol. The molecule has 1 saturated carbocycles. The SMILES string of the molecule is OCc1ccc(CN[C@@H]2CCC[C@@H]2N2CCC(O)C2)cc1. The minimum absolute atomic E-state index is 0.107. The number of aliphatic hydroxyl groups excluding tert-OH is 2. The Labute approximate surface area is 126 Å². The molecule has 1 aromatic carbocycles. The van der Waals surface area contributed by atoms with Gasteiger partial charge in [0.2, 0.25) is 0 Å². The number of likely N-dealkylation sites (tertiary alicyclic amines) is 1. The number of nitrogens with zero attached hydrogens (tertiary/aromatic N) is 1. The van der Waals surface area contributed by atoms with Crippen LogP contribution >= 0.6 is 0 Å². The van der Waals surface area contributed by atoms with Crippen LogP contribution in [0, 0.1) is 0 Å². The van der Waals surface area contributed by atoms with Crippen molar-refractivity contribution >= 4 is 0 Å². The molecule has 1 unspecified atom stereocenters. The summed E-state index contributed by atoms with van der Waals surface area (Å²) in [6.07, 6.45) is 4.54. The molecule has 2 aliphatic rings. The van der Waals surface area contributed by atoms with Gasteiger partial charge in [0.1, 0.15) is 0 Å². The van der Waals surface area contributed by atoms with Crippen LogP contribution in [0.1, 0.15) is 36.8 Å². The second kappa shape index (κ2) is 6.88. The molecule has 0 radical (unpaired) electrons. The highest BCUT2D eigenvalue weighted by atomic mass is 16.3. The van der Waals surface area contributed by atoms with Crippen molar-refractivity contribution in [3.8, 4) is 0 Å². The average molecular weight is 290 g/mol. The summed E-state index contributed by atoms with van der Waals surface area (Å²) < 4.78 is 0. The van der Waals surface area contributed by atoms with Crippen molar-refractivity contribution in [2.24, 2.45) is 0 Å². The quantitative estimate of drug-likeness (QED) is 0.764. The van der Waals surface area contributed by atoms with E-state index in [1.165, 1.54) is 24.8 Å². The summed E-state index contributed by atoms with van der Waals surface area (Å²) in [4.78, 5) is 2.46. The van der Waals surface area contributed by atoms with E-state index in [2.05, 4.69) is 22.3 Å². The van der Waals surface area contributed by atoms with Crippen molar-refractivity contribution in [3.05, 3.63) is 35.4 Å². The van der Waals surface area contributed by atoms with Gasteiger partial charge in [-0.15, -0.1) is 0 Å². The summed E-state index contributed by atoms with van der Waals surface area (Å²) in [7, 11) is 0. The van der Waals surface area contributed by atoms with Gasteiger partial charge in [0.15, 0.2) is 0 Å². The van der Waals surface area contributed by atoms with E-state index < -0.39 is 0 Å². The van der Waals surface area contributed by atoms with Crippen LogP contribution in [0.3, 0.4) is 0 Å². The Morgan fingerprint density at radius 1 is 1.10 bits per heavy atom. The molecule has 0 amide bonds. The first-order valence-electron chi connectivity index (χ1n) is 8.10. The molecule has 3 N–H and O–H groups in total. The van der Waals surface area contributed by atoms with Crippen LogP contribution in [0.15, 0.2) is 24.3 Å². The largest absolute Gasteiger partial charge is 0.392 e. The van der Waals surface area contributed by atoms with E-state index in [1.807, 2.05) is 12.1 Å². The number of aliphatic hydroxyl groups is 2. The summed E-state index contributed by atoms with van der Waals surface area (Å²) in [6.45, 7) is 2.86. The average Bonchev–Trinajstić information content (AvgIpc) is 3.14. The number of nitrogens with one attached hydrogen (secondary N) is 1. The molecule has 3 atom stereocenters. The van der Waals surface area contributed by atoms with Crippen molar-refractivity contribution in [2.75, 3.05) is 13.1 Å². The van der Waals surface area contributed by atoms with Gasteiger partial charge in [0.25, 0.3) is 0 Å². The summed E-state index contributed by atoms with van der Waals surface area (Å²) in [5, 5.41) is 22.5. The Kier molecular flexibility index (Phi) is 4.91. The molecule has 1 saturated heterocycles. The van der Waals surface area contributed by atoms with Crippen LogP contribution in [0.4, 0.5) is 0 Å². The number of hydrogen-bond donors (Lipinski definition) is 3. The molecule has 0 aromatic heterocycles. The maximum Gasteiger partial charge on any atom is 0.0681 e. The van der Waals surface area contributed by atoms with Gasteiger partial charge in [-0.3, -0.25) is 4.90 Å². The standard InChI is InChI=1S/C17H26N2O2/c20-12-14-6-4-13(5-7-14)10-18-16-2-1-3-17(16)19-9-8-15(21)11-19/h4-7,15-18,20-21H,1-3,8-12H2/t15?,16-,17+/m1/s1. The monoisotopic (exact) mass is 290 g/mol. The van der Waals surface area contributed by atoms with Gasteiger partial charge in [-0.1, -0.05) is 30.7 Å². The van der Waals surface area contributed by atoms with Gasteiger partial charge in [-0.2, -0.15) is 0 Å². The first kappa shape index (κ1) is 15.0. The van der Waals surface area contributed by atoms with Crippen LogP contribution in [-0.4, -0.2) is 46.4 Å². The highest BCUT2D eigenvalue weighted by Crippen LogP contribution is 2.27. The number of hydrogen-bond acceptors (Lipinski definition) is 4. The lowest BCUT2D eigenvalue weighted by Crippen LogP contribution is -2.46. The highest BCUT2D eigenvalue weighted by molar-refractivity contribution is 5.22. The molecule has 1 aliphatic carbocycles. The van der Waals surface area contributed by atoms with Crippen molar-refractivity contribution in [1.82, 2.24) is 10.2 Å². The summed E-state index contributed by atoms with van der Waals surface area (Å²) >= 11 is 0. The third-order valence-corrected chi connectivity index (χ3v) is 4.92. The molecule has 1 aromatic rings. The first-order valence-corrected chi connectivity index (χ1v) is 8.10. The van der Waals surface area contributed by atoms with E-state index in [-0.39, 0.29) is 12.7 Å². The van der Waals surface area contributed by atoms with E-state index >= 15 is 0 Å². The molecule has 0 spiro atoms. The summed E-state index contributed by atoms with van der Waals surface area (Å²) in [5.74, 6) is 0. The molecular formula is C17H26N2O2. The lowest BCUT2D eigenvalue weighted by molar-refractivity contribution is 0.150. The Morgan fingerprint density at radius 2 is 1.86 bits per heavy atom. The zero-order valence-electron chi connectivity index (χ0n) is 12.5. The zero-order valence-corrected chi connectivity index (χ0v) is 12.5. The molecule has 2 fully saturated rings. The summed E-state index contributed by atoms with van der Waals surface area (Å²) in [5.41, 5.74) is 2.22. The number of β-amino-alcohol motifs (C(OH)–C–C–N with tert-alkyl or cyclic N) is 1. The van der Waals surface area contributed by atoms with Gasteiger partial charge in [0, 0.05) is 31.7 Å². The second-order valence-corrected chi connectivity index (χ2v) is 6.40. The van der Waals surface area contributed by atoms with Crippen molar-refractivity contribution in [1.29, 1.82) is 0 Å². The fourth-order valence-corrected chi connectivity index (χ4v) is 3.70. The molecule has 4 heteroatoms. The zero-order chi connectivity index (χ0) is 14.7. The Balaban J connectivity index is 1.53. The Hall–Kier alpha value is -0.940. The molecule has 0 bridgehead atoms. The van der Waals surface area contributed by atoms with Gasteiger partial charge in [-0.25, -0.2) is 0 Å². The van der Waals surface area contributed by atoms with Gasteiger partial charge in [0.05, 0.1) is 12.7 Å². The number of benzene rings is 1. The van der Waals surface area contributed by atoms with Crippen LogP contribution < -0.4 is 5.32 Å². The van der Waals surface area contributed by atoms with Crippen LogP contribution in [0.2, 0.25) is 0 Å². The second-order valence-electron chi connectivity index (χ2n) is 6.40. The minimum atomic E-state index is -0.128. The van der Waals surface area contributed by atoms with E-state index in [1.54, 1.807) is 0 Å². The van der Waals surface area contributed by atoms with Crippen molar-refractivity contribution in [2.45, 2.75) is 57.0 Å². The molecule has 1 heterocycles. The van der Waals surface area contributed by atoms with E-state index in [0.717, 1.165) is 31.6 Å². The molecule has 3 rings (SSSR count). The number of rotatable bonds is 5. The van der Waals surface area contributed by atoms with Gasteiger partial charge < -0.3 is 15.5 Å². The van der Waals surface area contributed by atoms with Gasteiger partial charge >= 0.3 is 0 Å². The Morgan fingerprint density at radius 3 is 2.52 bits per heavy atom. The molecular weight excluding hydrogens is 264 g/mol. The van der Waals surface area contributed by atoms with E-state index in [4.69, 9.17) is 5.11 Å². The normalized spacial score (nSPS) is 30.1. The van der Waals surface area contributed by atoms with Crippen molar-refractivity contribution in [3.63, 3.8) is 0 Å². The third kappa shape index (κ3) is 3.64. The lowest BCUT2D eigenvalue weighted by Gasteiger charge is -2.30. The van der Waals surface area contributed by atoms with Crippen LogP contribution in [0.25, 0.3) is 0 Å².